The van der Waals surface area contributed by atoms with Gasteiger partial charge in [-0.05, 0) is 19.3 Å². The summed E-state index contributed by atoms with van der Waals surface area (Å²) in [5.74, 6) is 0.0941. The van der Waals surface area contributed by atoms with Crippen molar-refractivity contribution in [1.29, 1.82) is 0 Å². The zero-order chi connectivity index (χ0) is 15.1. The lowest BCUT2D eigenvalue weighted by atomic mass is 10.2. The molecule has 0 saturated carbocycles. The Morgan fingerprint density at radius 3 is 2.05 bits per heavy atom. The first-order valence-corrected chi connectivity index (χ1v) is 8.19. The van der Waals surface area contributed by atoms with Crippen LogP contribution < -0.4 is 0 Å². The fourth-order valence-electron chi connectivity index (χ4n) is 2.00. The molecular formula is C16H33NO3. The topological polar surface area (TPSA) is 38.8 Å². The molecule has 0 unspecified atom stereocenters. The monoisotopic (exact) mass is 287 g/mol. The van der Waals surface area contributed by atoms with Crippen molar-refractivity contribution >= 4 is 5.91 Å². The molecule has 0 bridgehead atoms. The minimum atomic E-state index is 0.0941. The largest absolute Gasteiger partial charge is 0.379 e. The normalized spacial score (nSPS) is 10.8. The second kappa shape index (κ2) is 14.8. The van der Waals surface area contributed by atoms with Gasteiger partial charge in [-0.3, -0.25) is 4.79 Å². The minimum absolute atomic E-state index is 0.0941. The highest BCUT2D eigenvalue weighted by Gasteiger charge is 2.11. The van der Waals surface area contributed by atoms with Gasteiger partial charge in [0.05, 0.1) is 13.2 Å². The van der Waals surface area contributed by atoms with Crippen molar-refractivity contribution < 1.29 is 14.3 Å². The number of nitrogens with zero attached hydrogens (tertiary/aromatic N) is 1. The van der Waals surface area contributed by atoms with E-state index in [4.69, 9.17) is 9.47 Å². The van der Waals surface area contributed by atoms with Gasteiger partial charge in [-0.2, -0.15) is 0 Å². The van der Waals surface area contributed by atoms with Crippen LogP contribution >= 0.6 is 0 Å². The smallest absolute Gasteiger partial charge is 0.248 e. The van der Waals surface area contributed by atoms with Crippen LogP contribution in [0.5, 0.6) is 0 Å². The molecule has 1 amide bonds. The number of amides is 1. The third kappa shape index (κ3) is 11.2. The van der Waals surface area contributed by atoms with Crippen LogP contribution in [0.25, 0.3) is 0 Å². The predicted molar refractivity (Wildman–Crippen MR) is 82.9 cm³/mol. The lowest BCUT2D eigenvalue weighted by Gasteiger charge is -2.21. The van der Waals surface area contributed by atoms with Crippen molar-refractivity contribution in [2.24, 2.45) is 0 Å². The summed E-state index contributed by atoms with van der Waals surface area (Å²) in [6.07, 6.45) is 6.86. The molecule has 0 aliphatic rings. The van der Waals surface area contributed by atoms with Crippen LogP contribution in [0.15, 0.2) is 0 Å². The quantitative estimate of drug-likeness (QED) is 0.460. The maximum absolute atomic E-state index is 11.9. The van der Waals surface area contributed by atoms with Crippen molar-refractivity contribution in [1.82, 2.24) is 4.90 Å². The molecule has 0 fully saturated rings. The minimum Gasteiger partial charge on any atom is -0.379 e. The van der Waals surface area contributed by atoms with Crippen LogP contribution in [-0.4, -0.2) is 50.3 Å². The number of hydrogen-bond donors (Lipinski definition) is 0. The van der Waals surface area contributed by atoms with Gasteiger partial charge >= 0.3 is 0 Å². The van der Waals surface area contributed by atoms with Gasteiger partial charge in [0.15, 0.2) is 0 Å². The molecule has 0 N–H and O–H groups in total. The van der Waals surface area contributed by atoms with Crippen molar-refractivity contribution in [3.63, 3.8) is 0 Å². The molecule has 0 radical (unpaired) electrons. The van der Waals surface area contributed by atoms with Gasteiger partial charge < -0.3 is 14.4 Å². The zero-order valence-corrected chi connectivity index (χ0v) is 13.7. The molecular weight excluding hydrogens is 254 g/mol. The highest BCUT2D eigenvalue weighted by Crippen LogP contribution is 1.99. The van der Waals surface area contributed by atoms with E-state index in [1.165, 1.54) is 19.3 Å². The summed E-state index contributed by atoms with van der Waals surface area (Å²) in [4.78, 5) is 13.8. The first-order chi connectivity index (χ1) is 9.76. The zero-order valence-electron chi connectivity index (χ0n) is 13.7. The molecule has 0 aromatic heterocycles. The molecule has 0 heterocycles. The average molecular weight is 287 g/mol. The summed E-state index contributed by atoms with van der Waals surface area (Å²) in [6, 6.07) is 0. The summed E-state index contributed by atoms with van der Waals surface area (Å²) in [7, 11) is 0. The van der Waals surface area contributed by atoms with E-state index in [2.05, 4.69) is 20.8 Å². The van der Waals surface area contributed by atoms with Crippen LogP contribution in [0, 0.1) is 0 Å². The third-order valence-corrected chi connectivity index (χ3v) is 3.08. The van der Waals surface area contributed by atoms with E-state index in [-0.39, 0.29) is 12.5 Å². The number of carbonyl (C=O) groups is 1. The third-order valence-electron chi connectivity index (χ3n) is 3.08. The van der Waals surface area contributed by atoms with Crippen molar-refractivity contribution in [2.75, 3.05) is 39.5 Å². The lowest BCUT2D eigenvalue weighted by Crippen LogP contribution is -2.35. The fourth-order valence-corrected chi connectivity index (χ4v) is 2.00. The van der Waals surface area contributed by atoms with Crippen molar-refractivity contribution in [3.8, 4) is 0 Å². The fraction of sp³-hybridized carbons (Fsp3) is 0.938. The van der Waals surface area contributed by atoms with Crippen LogP contribution in [0.4, 0.5) is 0 Å². The first kappa shape index (κ1) is 19.4. The Morgan fingerprint density at radius 2 is 1.45 bits per heavy atom. The van der Waals surface area contributed by atoms with Crippen LogP contribution in [0.2, 0.25) is 0 Å². The van der Waals surface area contributed by atoms with E-state index in [1.54, 1.807) is 0 Å². The average Bonchev–Trinajstić information content (AvgIpc) is 2.45. The van der Waals surface area contributed by atoms with Gasteiger partial charge in [-0.15, -0.1) is 0 Å². The van der Waals surface area contributed by atoms with Crippen LogP contribution in [0.1, 0.15) is 59.3 Å². The summed E-state index contributed by atoms with van der Waals surface area (Å²) in [5.41, 5.74) is 0. The molecule has 0 aliphatic heterocycles. The van der Waals surface area contributed by atoms with E-state index < -0.39 is 0 Å². The molecule has 20 heavy (non-hydrogen) atoms. The molecule has 0 rings (SSSR count). The van der Waals surface area contributed by atoms with Gasteiger partial charge in [-0.25, -0.2) is 0 Å². The van der Waals surface area contributed by atoms with Gasteiger partial charge in [0.1, 0.15) is 6.61 Å². The van der Waals surface area contributed by atoms with Gasteiger partial charge in [0.25, 0.3) is 0 Å². The predicted octanol–water partition coefficient (Wildman–Crippen LogP) is 3.25. The van der Waals surface area contributed by atoms with Crippen LogP contribution in [0.3, 0.4) is 0 Å². The molecule has 0 spiro atoms. The summed E-state index contributed by atoms with van der Waals surface area (Å²) in [6.45, 7) is 10.1. The molecule has 120 valence electrons. The van der Waals surface area contributed by atoms with E-state index >= 15 is 0 Å². The molecule has 4 heteroatoms. The SMILES string of the molecule is CCCCCCOCCOCC(=O)N(CCC)CCC. The summed E-state index contributed by atoms with van der Waals surface area (Å²) in [5, 5.41) is 0. The Kier molecular flexibility index (Phi) is 14.3. The second-order valence-electron chi connectivity index (χ2n) is 5.11. The number of ether oxygens (including phenoxy) is 2. The van der Waals surface area contributed by atoms with E-state index in [9.17, 15) is 4.79 Å². The van der Waals surface area contributed by atoms with Gasteiger partial charge in [0, 0.05) is 19.7 Å². The highest BCUT2D eigenvalue weighted by molar-refractivity contribution is 5.77. The number of hydrogen-bond acceptors (Lipinski definition) is 3. The van der Waals surface area contributed by atoms with Crippen LogP contribution in [-0.2, 0) is 14.3 Å². The van der Waals surface area contributed by atoms with Gasteiger partial charge in [-0.1, -0.05) is 40.0 Å². The van der Waals surface area contributed by atoms with E-state index in [0.717, 1.165) is 39.0 Å². The second-order valence-corrected chi connectivity index (χ2v) is 5.11. The molecule has 0 saturated heterocycles. The Labute approximate surface area is 124 Å². The first-order valence-electron chi connectivity index (χ1n) is 8.19. The maximum Gasteiger partial charge on any atom is 0.248 e. The molecule has 0 aromatic carbocycles. The molecule has 4 nitrogen and oxygen atoms in total. The number of carbonyl (C=O) groups excluding carboxylic acids is 1. The van der Waals surface area contributed by atoms with Gasteiger partial charge in [0.2, 0.25) is 5.91 Å². The van der Waals surface area contributed by atoms with E-state index in [0.29, 0.717) is 13.2 Å². The van der Waals surface area contributed by atoms with Crippen molar-refractivity contribution in [2.45, 2.75) is 59.3 Å². The van der Waals surface area contributed by atoms with Crippen molar-refractivity contribution in [3.05, 3.63) is 0 Å². The Morgan fingerprint density at radius 1 is 0.800 bits per heavy atom. The Balaban J connectivity index is 3.45. The Bertz CT molecular complexity index is 216. The molecule has 0 aromatic rings. The summed E-state index contributed by atoms with van der Waals surface area (Å²) < 4.78 is 10.8. The molecule has 0 aliphatic carbocycles. The molecule has 0 atom stereocenters. The number of unbranched alkanes of at least 4 members (excludes halogenated alkanes) is 3. The Hall–Kier alpha value is -0.610. The number of rotatable bonds is 14. The maximum atomic E-state index is 11.9. The highest BCUT2D eigenvalue weighted by atomic mass is 16.5. The lowest BCUT2D eigenvalue weighted by molar-refractivity contribution is -0.136. The van der Waals surface area contributed by atoms with E-state index in [1.807, 2.05) is 4.90 Å². The summed E-state index contributed by atoms with van der Waals surface area (Å²) >= 11 is 0. The standard InChI is InChI=1S/C16H33NO3/c1-4-7-8-9-12-19-13-14-20-15-16(18)17(10-5-2)11-6-3/h4-15H2,1-3H3.